The first-order valence-corrected chi connectivity index (χ1v) is 7.72. The second kappa shape index (κ2) is 6.00. The Balaban J connectivity index is 1.74. The van der Waals surface area contributed by atoms with Crippen LogP contribution >= 0.6 is 0 Å². The molecule has 21 heavy (non-hydrogen) atoms. The zero-order valence-electron chi connectivity index (χ0n) is 12.9. The highest BCUT2D eigenvalue weighted by atomic mass is 15.2. The van der Waals surface area contributed by atoms with Crippen molar-refractivity contribution in [2.24, 2.45) is 5.73 Å². The molecule has 1 aliphatic heterocycles. The third kappa shape index (κ3) is 3.34. The van der Waals surface area contributed by atoms with Crippen LogP contribution in [0.3, 0.4) is 0 Å². The van der Waals surface area contributed by atoms with Crippen LogP contribution in [0.15, 0.2) is 48.5 Å². The first-order valence-electron chi connectivity index (χ1n) is 7.72. The van der Waals surface area contributed by atoms with Gasteiger partial charge in [-0.3, -0.25) is 4.90 Å². The maximum atomic E-state index is 6.41. The molecule has 1 heterocycles. The molecule has 0 amide bonds. The highest BCUT2D eigenvalue weighted by Crippen LogP contribution is 2.28. The highest BCUT2D eigenvalue weighted by Gasteiger charge is 2.31. The fourth-order valence-corrected chi connectivity index (χ4v) is 3.46. The van der Waals surface area contributed by atoms with E-state index in [-0.39, 0.29) is 6.04 Å². The summed E-state index contributed by atoms with van der Waals surface area (Å²) < 4.78 is 0. The van der Waals surface area contributed by atoms with Gasteiger partial charge in [0, 0.05) is 31.6 Å². The van der Waals surface area contributed by atoms with Gasteiger partial charge < -0.3 is 5.73 Å². The molecule has 0 saturated carbocycles. The summed E-state index contributed by atoms with van der Waals surface area (Å²) in [6.07, 6.45) is 0. The van der Waals surface area contributed by atoms with Crippen LogP contribution in [0.25, 0.3) is 0 Å². The average Bonchev–Trinajstić information content (AvgIpc) is 2.79. The van der Waals surface area contributed by atoms with Crippen molar-refractivity contribution in [2.75, 3.05) is 13.1 Å². The quantitative estimate of drug-likeness (QED) is 0.935. The molecular formula is C19H24N2. The van der Waals surface area contributed by atoms with E-state index in [1.807, 2.05) is 0 Å². The molecule has 2 aromatic rings. The smallest absolute Gasteiger partial charge is 0.0250 e. The van der Waals surface area contributed by atoms with Gasteiger partial charge in [0.2, 0.25) is 0 Å². The van der Waals surface area contributed by atoms with Crippen molar-refractivity contribution < 1.29 is 0 Å². The van der Waals surface area contributed by atoms with Gasteiger partial charge in [0.15, 0.2) is 0 Å². The number of hydrogen-bond donors (Lipinski definition) is 1. The Morgan fingerprint density at radius 1 is 1.00 bits per heavy atom. The molecule has 110 valence electrons. The number of rotatable bonds is 3. The maximum Gasteiger partial charge on any atom is 0.0250 e. The molecule has 2 heteroatoms. The Labute approximate surface area is 127 Å². The molecular weight excluding hydrogens is 256 g/mol. The molecule has 2 aromatic carbocycles. The van der Waals surface area contributed by atoms with Crippen LogP contribution in [0, 0.1) is 13.8 Å². The molecule has 3 rings (SSSR count). The van der Waals surface area contributed by atoms with Gasteiger partial charge >= 0.3 is 0 Å². The zero-order chi connectivity index (χ0) is 14.8. The SMILES string of the molecule is Cc1cc(C)cc(C2CN(Cc3ccccc3)CC2N)c1. The van der Waals surface area contributed by atoms with E-state index in [2.05, 4.69) is 67.3 Å². The van der Waals surface area contributed by atoms with Crippen molar-refractivity contribution in [3.63, 3.8) is 0 Å². The Kier molecular flexibility index (Phi) is 4.09. The molecule has 2 atom stereocenters. The van der Waals surface area contributed by atoms with Crippen LogP contribution in [0.2, 0.25) is 0 Å². The number of likely N-dealkylation sites (tertiary alicyclic amines) is 1. The van der Waals surface area contributed by atoms with E-state index in [4.69, 9.17) is 5.73 Å². The van der Waals surface area contributed by atoms with Crippen molar-refractivity contribution in [2.45, 2.75) is 32.4 Å². The second-order valence-corrected chi connectivity index (χ2v) is 6.37. The lowest BCUT2D eigenvalue weighted by atomic mass is 9.92. The Morgan fingerprint density at radius 3 is 2.33 bits per heavy atom. The van der Waals surface area contributed by atoms with Crippen molar-refractivity contribution in [1.82, 2.24) is 4.90 Å². The van der Waals surface area contributed by atoms with Crippen molar-refractivity contribution in [1.29, 1.82) is 0 Å². The summed E-state index contributed by atoms with van der Waals surface area (Å²) in [5.74, 6) is 0.451. The predicted molar refractivity (Wildman–Crippen MR) is 88.4 cm³/mol. The normalized spacial score (nSPS) is 22.6. The van der Waals surface area contributed by atoms with Crippen molar-refractivity contribution in [3.05, 3.63) is 70.8 Å². The van der Waals surface area contributed by atoms with Gasteiger partial charge in [0.1, 0.15) is 0 Å². The lowest BCUT2D eigenvalue weighted by molar-refractivity contribution is 0.324. The first-order chi connectivity index (χ1) is 10.1. The lowest BCUT2D eigenvalue weighted by Crippen LogP contribution is -2.28. The molecule has 0 spiro atoms. The summed E-state index contributed by atoms with van der Waals surface area (Å²) in [6.45, 7) is 7.36. The molecule has 2 N–H and O–H groups in total. The average molecular weight is 280 g/mol. The van der Waals surface area contributed by atoms with Gasteiger partial charge in [0.05, 0.1) is 0 Å². The van der Waals surface area contributed by atoms with Crippen LogP contribution in [-0.4, -0.2) is 24.0 Å². The minimum Gasteiger partial charge on any atom is -0.326 e. The van der Waals surface area contributed by atoms with Crippen molar-refractivity contribution >= 4 is 0 Å². The first kappa shape index (κ1) is 14.3. The molecule has 0 radical (unpaired) electrons. The van der Waals surface area contributed by atoms with E-state index in [1.54, 1.807) is 0 Å². The summed E-state index contributed by atoms with van der Waals surface area (Å²) in [6, 6.07) is 17.7. The lowest BCUT2D eigenvalue weighted by Gasteiger charge is -2.17. The van der Waals surface area contributed by atoms with Crippen molar-refractivity contribution in [3.8, 4) is 0 Å². The minimum atomic E-state index is 0.231. The van der Waals surface area contributed by atoms with E-state index in [9.17, 15) is 0 Å². The molecule has 2 nitrogen and oxygen atoms in total. The number of nitrogens with two attached hydrogens (primary N) is 1. The third-order valence-corrected chi connectivity index (χ3v) is 4.36. The molecule has 0 aromatic heterocycles. The van der Waals surface area contributed by atoms with E-state index < -0.39 is 0 Å². The van der Waals surface area contributed by atoms with E-state index >= 15 is 0 Å². The summed E-state index contributed by atoms with van der Waals surface area (Å²) in [4.78, 5) is 2.47. The second-order valence-electron chi connectivity index (χ2n) is 6.37. The number of aryl methyl sites for hydroxylation is 2. The molecule has 2 unspecified atom stereocenters. The molecule has 1 aliphatic rings. The molecule has 1 saturated heterocycles. The standard InChI is InChI=1S/C19H24N2/c1-14-8-15(2)10-17(9-14)18-12-21(13-19(18)20)11-16-6-4-3-5-7-16/h3-10,18-19H,11-13,20H2,1-2H3. The van der Waals surface area contributed by atoms with E-state index in [1.165, 1.54) is 22.3 Å². The van der Waals surface area contributed by atoms with E-state index in [0.29, 0.717) is 5.92 Å². The fraction of sp³-hybridized carbons (Fsp3) is 0.368. The summed E-state index contributed by atoms with van der Waals surface area (Å²) in [5.41, 5.74) is 11.8. The number of benzene rings is 2. The zero-order valence-corrected chi connectivity index (χ0v) is 12.9. The Morgan fingerprint density at radius 2 is 1.67 bits per heavy atom. The van der Waals surface area contributed by atoms with Gasteiger partial charge in [-0.1, -0.05) is 59.7 Å². The van der Waals surface area contributed by atoms with Crippen LogP contribution in [0.5, 0.6) is 0 Å². The van der Waals surface area contributed by atoms with E-state index in [0.717, 1.165) is 19.6 Å². The summed E-state index contributed by atoms with van der Waals surface area (Å²) in [5, 5.41) is 0. The largest absolute Gasteiger partial charge is 0.326 e. The van der Waals surface area contributed by atoms with Crippen LogP contribution < -0.4 is 5.73 Å². The maximum absolute atomic E-state index is 6.41. The topological polar surface area (TPSA) is 29.3 Å². The Bertz CT molecular complexity index is 586. The van der Waals surface area contributed by atoms with Gasteiger partial charge in [-0.25, -0.2) is 0 Å². The number of hydrogen-bond acceptors (Lipinski definition) is 2. The van der Waals surface area contributed by atoms with Crippen LogP contribution in [0.1, 0.15) is 28.2 Å². The molecule has 0 bridgehead atoms. The van der Waals surface area contributed by atoms with Crippen LogP contribution in [-0.2, 0) is 6.54 Å². The monoisotopic (exact) mass is 280 g/mol. The Hall–Kier alpha value is -1.64. The van der Waals surface area contributed by atoms with Gasteiger partial charge in [-0.15, -0.1) is 0 Å². The fourth-order valence-electron chi connectivity index (χ4n) is 3.46. The third-order valence-electron chi connectivity index (χ3n) is 4.36. The predicted octanol–water partition coefficient (Wildman–Crippen LogP) is 3.23. The van der Waals surface area contributed by atoms with Crippen LogP contribution in [0.4, 0.5) is 0 Å². The molecule has 1 fully saturated rings. The number of nitrogens with zero attached hydrogens (tertiary/aromatic N) is 1. The summed E-state index contributed by atoms with van der Waals surface area (Å²) >= 11 is 0. The summed E-state index contributed by atoms with van der Waals surface area (Å²) in [7, 11) is 0. The molecule has 0 aliphatic carbocycles. The highest BCUT2D eigenvalue weighted by molar-refractivity contribution is 5.33. The van der Waals surface area contributed by atoms with Gasteiger partial charge in [0.25, 0.3) is 0 Å². The van der Waals surface area contributed by atoms with Gasteiger partial charge in [-0.05, 0) is 25.0 Å². The van der Waals surface area contributed by atoms with Gasteiger partial charge in [-0.2, -0.15) is 0 Å². The minimum absolute atomic E-state index is 0.231.